The zero-order valence-corrected chi connectivity index (χ0v) is 15.5. The van der Waals surface area contributed by atoms with Crippen molar-refractivity contribution in [3.63, 3.8) is 0 Å². The van der Waals surface area contributed by atoms with E-state index < -0.39 is 10.0 Å². The highest BCUT2D eigenvalue weighted by Gasteiger charge is 2.21. The molecule has 2 heterocycles. The van der Waals surface area contributed by atoms with Crippen molar-refractivity contribution < 1.29 is 17.9 Å². The average Bonchev–Trinajstić information content (AvgIpc) is 3.22. The second-order valence-electron chi connectivity index (χ2n) is 6.21. The van der Waals surface area contributed by atoms with Gasteiger partial charge in [-0.05, 0) is 36.8 Å². The van der Waals surface area contributed by atoms with Crippen LogP contribution in [-0.2, 0) is 10.0 Å². The van der Waals surface area contributed by atoms with E-state index in [2.05, 4.69) is 9.71 Å². The summed E-state index contributed by atoms with van der Waals surface area (Å²) in [6.45, 7) is 2.68. The quantitative estimate of drug-likeness (QED) is 0.730. The Morgan fingerprint density at radius 2 is 1.81 bits per heavy atom. The predicted octanol–water partition coefficient (Wildman–Crippen LogP) is 2.68. The molecule has 1 aliphatic heterocycles. The zero-order chi connectivity index (χ0) is 18.9. The monoisotopic (exact) mass is 385 g/mol. The summed E-state index contributed by atoms with van der Waals surface area (Å²) in [4.78, 5) is 4.17. The van der Waals surface area contributed by atoms with Gasteiger partial charge in [-0.1, -0.05) is 12.1 Å². The first-order chi connectivity index (χ1) is 13.0. The number of ether oxygens (including phenoxy) is 2. The second-order valence-corrected chi connectivity index (χ2v) is 7.92. The molecule has 1 atom stereocenters. The topological polar surface area (TPSA) is 82.5 Å². The van der Waals surface area contributed by atoms with E-state index in [1.807, 2.05) is 42.0 Å². The van der Waals surface area contributed by atoms with Crippen molar-refractivity contribution in [2.75, 3.05) is 13.2 Å². The molecule has 0 saturated heterocycles. The Bertz CT molecular complexity index is 1030. The fraction of sp³-hybridized carbons (Fsp3) is 0.211. The third kappa shape index (κ3) is 3.67. The summed E-state index contributed by atoms with van der Waals surface area (Å²) in [5.74, 6) is 1.00. The van der Waals surface area contributed by atoms with Gasteiger partial charge in [-0.25, -0.2) is 18.1 Å². The van der Waals surface area contributed by atoms with Crippen molar-refractivity contribution in [2.45, 2.75) is 17.9 Å². The molecular weight excluding hydrogens is 366 g/mol. The van der Waals surface area contributed by atoms with Crippen LogP contribution in [0.3, 0.4) is 0 Å². The number of rotatable bonds is 5. The van der Waals surface area contributed by atoms with Crippen molar-refractivity contribution in [3.05, 3.63) is 66.7 Å². The molecule has 2 aromatic carbocycles. The minimum atomic E-state index is -3.70. The molecule has 8 heteroatoms. The number of fused-ring (bicyclic) bond motifs is 1. The maximum Gasteiger partial charge on any atom is 0.241 e. The van der Waals surface area contributed by atoms with Gasteiger partial charge in [0.1, 0.15) is 13.2 Å². The third-order valence-corrected chi connectivity index (χ3v) is 5.89. The Hall–Kier alpha value is -2.84. The molecule has 3 aromatic rings. The summed E-state index contributed by atoms with van der Waals surface area (Å²) in [6, 6.07) is 11.9. The van der Waals surface area contributed by atoms with Crippen LogP contribution in [-0.4, -0.2) is 31.2 Å². The summed E-state index contributed by atoms with van der Waals surface area (Å²) >= 11 is 0. The molecule has 0 amide bonds. The van der Waals surface area contributed by atoms with Crippen LogP contribution in [0.5, 0.6) is 11.5 Å². The Labute approximate surface area is 157 Å². The molecule has 1 N–H and O–H groups in total. The number of nitrogens with one attached hydrogen (secondary N) is 1. The van der Waals surface area contributed by atoms with Gasteiger partial charge in [-0.3, -0.25) is 0 Å². The Kier molecular flexibility index (Phi) is 4.59. The maximum atomic E-state index is 12.7. The van der Waals surface area contributed by atoms with E-state index in [-0.39, 0.29) is 10.9 Å². The number of hydrogen-bond donors (Lipinski definition) is 1. The molecule has 0 radical (unpaired) electrons. The van der Waals surface area contributed by atoms with Gasteiger partial charge in [-0.2, -0.15) is 0 Å². The summed E-state index contributed by atoms with van der Waals surface area (Å²) in [5.41, 5.74) is 1.82. The van der Waals surface area contributed by atoms with Crippen molar-refractivity contribution in [1.29, 1.82) is 0 Å². The molecular formula is C19H19N3O4S. The van der Waals surface area contributed by atoms with Crippen LogP contribution in [0, 0.1) is 0 Å². The van der Waals surface area contributed by atoms with Crippen LogP contribution in [0.25, 0.3) is 5.69 Å². The molecule has 0 fully saturated rings. The van der Waals surface area contributed by atoms with Crippen molar-refractivity contribution in [3.8, 4) is 17.2 Å². The molecule has 0 saturated carbocycles. The van der Waals surface area contributed by atoms with Crippen LogP contribution in [0.1, 0.15) is 18.5 Å². The molecule has 1 aliphatic rings. The van der Waals surface area contributed by atoms with Crippen LogP contribution in [0.4, 0.5) is 0 Å². The smallest absolute Gasteiger partial charge is 0.241 e. The van der Waals surface area contributed by atoms with E-state index in [0.29, 0.717) is 24.7 Å². The highest BCUT2D eigenvalue weighted by Crippen LogP contribution is 2.32. The van der Waals surface area contributed by atoms with Gasteiger partial charge >= 0.3 is 0 Å². The van der Waals surface area contributed by atoms with Crippen molar-refractivity contribution in [2.24, 2.45) is 0 Å². The van der Waals surface area contributed by atoms with Gasteiger partial charge in [0.2, 0.25) is 10.0 Å². The van der Waals surface area contributed by atoms with E-state index >= 15 is 0 Å². The largest absolute Gasteiger partial charge is 0.486 e. The van der Waals surface area contributed by atoms with Gasteiger partial charge in [-0.15, -0.1) is 0 Å². The van der Waals surface area contributed by atoms with Crippen LogP contribution in [0.2, 0.25) is 0 Å². The molecule has 7 nitrogen and oxygen atoms in total. The Balaban J connectivity index is 1.52. The minimum absolute atomic E-state index is 0.147. The van der Waals surface area contributed by atoms with Gasteiger partial charge in [0, 0.05) is 30.2 Å². The van der Waals surface area contributed by atoms with E-state index in [1.54, 1.807) is 18.6 Å². The first kappa shape index (κ1) is 17.6. The lowest BCUT2D eigenvalue weighted by atomic mass is 10.1. The summed E-state index contributed by atoms with van der Waals surface area (Å²) in [5, 5.41) is 0. The molecule has 4 rings (SSSR count). The average molecular weight is 385 g/mol. The van der Waals surface area contributed by atoms with E-state index in [4.69, 9.17) is 9.47 Å². The lowest BCUT2D eigenvalue weighted by Crippen LogP contribution is -2.27. The molecule has 0 bridgehead atoms. The third-order valence-electron chi connectivity index (χ3n) is 4.35. The first-order valence-electron chi connectivity index (χ1n) is 8.53. The van der Waals surface area contributed by atoms with Crippen LogP contribution < -0.4 is 14.2 Å². The summed E-state index contributed by atoms with van der Waals surface area (Å²) < 4.78 is 41.0. The maximum absolute atomic E-state index is 12.7. The standard InChI is InChI=1S/C19H19N3O4S/c1-14(15-2-4-16(5-3-15)22-9-8-20-13-22)21-27(23,24)17-6-7-18-19(12-17)26-11-10-25-18/h2-9,12-14,21H,10-11H2,1H3/t14-/m0/s1. The number of aromatic nitrogens is 2. The normalized spacial score (nSPS) is 14.7. The highest BCUT2D eigenvalue weighted by molar-refractivity contribution is 7.89. The number of nitrogens with zero attached hydrogens (tertiary/aromatic N) is 2. The van der Waals surface area contributed by atoms with E-state index in [1.165, 1.54) is 12.1 Å². The SMILES string of the molecule is C[C@H](NS(=O)(=O)c1ccc2c(c1)OCCO2)c1ccc(-n2ccnc2)cc1. The fourth-order valence-electron chi connectivity index (χ4n) is 2.91. The lowest BCUT2D eigenvalue weighted by Gasteiger charge is -2.20. The van der Waals surface area contributed by atoms with E-state index in [0.717, 1.165) is 11.3 Å². The van der Waals surface area contributed by atoms with Crippen molar-refractivity contribution in [1.82, 2.24) is 14.3 Å². The molecule has 27 heavy (non-hydrogen) atoms. The van der Waals surface area contributed by atoms with Gasteiger partial charge in [0.05, 0.1) is 11.2 Å². The van der Waals surface area contributed by atoms with E-state index in [9.17, 15) is 8.42 Å². The first-order valence-corrected chi connectivity index (χ1v) is 10.0. The molecule has 0 aliphatic carbocycles. The number of benzene rings is 2. The molecule has 0 unspecified atom stereocenters. The lowest BCUT2D eigenvalue weighted by molar-refractivity contribution is 0.171. The molecule has 140 valence electrons. The zero-order valence-electron chi connectivity index (χ0n) is 14.7. The summed E-state index contributed by atoms with van der Waals surface area (Å²) in [6.07, 6.45) is 5.27. The van der Waals surface area contributed by atoms with Gasteiger partial charge < -0.3 is 14.0 Å². The number of imidazole rings is 1. The predicted molar refractivity (Wildman–Crippen MR) is 99.7 cm³/mol. The van der Waals surface area contributed by atoms with Crippen molar-refractivity contribution >= 4 is 10.0 Å². The van der Waals surface area contributed by atoms with Gasteiger partial charge in [0.25, 0.3) is 0 Å². The summed E-state index contributed by atoms with van der Waals surface area (Å²) in [7, 11) is -3.70. The van der Waals surface area contributed by atoms with Crippen LogP contribution in [0.15, 0.2) is 66.1 Å². The minimum Gasteiger partial charge on any atom is -0.486 e. The molecule has 0 spiro atoms. The number of sulfonamides is 1. The second kappa shape index (κ2) is 7.05. The fourth-order valence-corrected chi connectivity index (χ4v) is 4.15. The molecule has 1 aromatic heterocycles. The number of hydrogen-bond acceptors (Lipinski definition) is 5. The van der Waals surface area contributed by atoms with Crippen LogP contribution >= 0.6 is 0 Å². The highest BCUT2D eigenvalue weighted by atomic mass is 32.2. The Morgan fingerprint density at radius 1 is 1.07 bits per heavy atom. The van der Waals surface area contributed by atoms with Gasteiger partial charge in [0.15, 0.2) is 11.5 Å². The Morgan fingerprint density at radius 3 is 2.52 bits per heavy atom.